The number of hydrogen-bond acceptors (Lipinski definition) is 3. The molecule has 0 aliphatic rings. The van der Waals surface area contributed by atoms with Crippen LogP contribution in [0.2, 0.25) is 0 Å². The number of carbonyl (C=O) groups excluding carboxylic acids is 1. The molecule has 3 aromatic carbocycles. The molecule has 0 aromatic heterocycles. The summed E-state index contributed by atoms with van der Waals surface area (Å²) in [6.45, 7) is 2.95. The molecule has 0 spiro atoms. The lowest BCUT2D eigenvalue weighted by Crippen LogP contribution is -2.45. The molecule has 0 amide bonds. The van der Waals surface area contributed by atoms with E-state index in [9.17, 15) is 4.79 Å². The second-order valence-electron chi connectivity index (χ2n) is 6.68. The van der Waals surface area contributed by atoms with Gasteiger partial charge in [-0.2, -0.15) is 0 Å². The van der Waals surface area contributed by atoms with E-state index >= 15 is 0 Å². The number of ether oxygens (including phenoxy) is 1. The molecule has 0 bridgehead atoms. The maximum Gasteiger partial charge on any atom is 0.305 e. The molecule has 28 heavy (non-hydrogen) atoms. The van der Waals surface area contributed by atoms with E-state index in [0.717, 1.165) is 0 Å². The van der Waals surface area contributed by atoms with Crippen molar-refractivity contribution in [3.63, 3.8) is 0 Å². The van der Waals surface area contributed by atoms with E-state index in [1.54, 1.807) is 0 Å². The topological polar surface area (TPSA) is 38.3 Å². The van der Waals surface area contributed by atoms with Gasteiger partial charge in [-0.25, -0.2) is 0 Å². The first kappa shape index (κ1) is 19.8. The summed E-state index contributed by atoms with van der Waals surface area (Å²) in [5.41, 5.74) is 3.02. The molecular weight excluding hydrogens is 346 g/mol. The minimum atomic E-state index is -0.488. The van der Waals surface area contributed by atoms with Crippen LogP contribution in [0.5, 0.6) is 0 Å². The number of hydrogen-bond donors (Lipinski definition) is 1. The molecule has 0 aliphatic heterocycles. The summed E-state index contributed by atoms with van der Waals surface area (Å²) in [7, 11) is 0. The normalized spacial score (nSPS) is 11.2. The SMILES string of the molecule is CCOC(=O)CCCNC(c1ccccc1)(c1ccccc1)c1ccccc1. The molecule has 3 nitrogen and oxygen atoms in total. The van der Waals surface area contributed by atoms with Crippen molar-refractivity contribution >= 4 is 5.97 Å². The van der Waals surface area contributed by atoms with Gasteiger partial charge < -0.3 is 4.74 Å². The van der Waals surface area contributed by atoms with Crippen molar-refractivity contribution in [2.24, 2.45) is 0 Å². The van der Waals surface area contributed by atoms with Crippen LogP contribution in [-0.4, -0.2) is 19.1 Å². The van der Waals surface area contributed by atoms with Crippen LogP contribution in [0.1, 0.15) is 36.5 Å². The van der Waals surface area contributed by atoms with Gasteiger partial charge in [0.25, 0.3) is 0 Å². The molecule has 0 atom stereocenters. The predicted molar refractivity (Wildman–Crippen MR) is 113 cm³/mol. The van der Waals surface area contributed by atoms with Crippen molar-refractivity contribution in [2.75, 3.05) is 13.2 Å². The summed E-state index contributed by atoms with van der Waals surface area (Å²) in [5, 5.41) is 3.77. The van der Waals surface area contributed by atoms with Crippen LogP contribution in [0.4, 0.5) is 0 Å². The van der Waals surface area contributed by atoms with E-state index in [0.29, 0.717) is 26.0 Å². The fourth-order valence-corrected chi connectivity index (χ4v) is 3.61. The molecule has 0 heterocycles. The number of nitrogens with one attached hydrogen (secondary N) is 1. The lowest BCUT2D eigenvalue weighted by Gasteiger charge is -2.37. The smallest absolute Gasteiger partial charge is 0.305 e. The van der Waals surface area contributed by atoms with Crippen LogP contribution in [-0.2, 0) is 15.1 Å². The van der Waals surface area contributed by atoms with Gasteiger partial charge in [0.1, 0.15) is 0 Å². The highest BCUT2D eigenvalue weighted by Gasteiger charge is 2.35. The number of esters is 1. The largest absolute Gasteiger partial charge is 0.466 e. The Morgan fingerprint density at radius 1 is 0.786 bits per heavy atom. The average molecular weight is 373 g/mol. The number of benzene rings is 3. The van der Waals surface area contributed by atoms with Crippen molar-refractivity contribution < 1.29 is 9.53 Å². The molecule has 0 radical (unpaired) electrons. The summed E-state index contributed by atoms with van der Waals surface area (Å²) in [4.78, 5) is 11.7. The molecular formula is C25H27NO2. The first-order valence-corrected chi connectivity index (χ1v) is 9.84. The van der Waals surface area contributed by atoms with Crippen molar-refractivity contribution in [1.82, 2.24) is 5.32 Å². The molecule has 0 aliphatic carbocycles. The van der Waals surface area contributed by atoms with Crippen LogP contribution in [0.3, 0.4) is 0 Å². The minimum absolute atomic E-state index is 0.144. The zero-order chi connectivity index (χ0) is 19.7. The maximum absolute atomic E-state index is 11.7. The van der Waals surface area contributed by atoms with Gasteiger partial charge in [0.15, 0.2) is 0 Å². The summed E-state index contributed by atoms with van der Waals surface area (Å²) in [5.74, 6) is -0.144. The van der Waals surface area contributed by atoms with Gasteiger partial charge in [0.2, 0.25) is 0 Å². The Hall–Kier alpha value is -2.91. The first-order valence-electron chi connectivity index (χ1n) is 9.84. The molecule has 0 saturated heterocycles. The number of carbonyl (C=O) groups is 1. The van der Waals surface area contributed by atoms with E-state index in [-0.39, 0.29) is 5.97 Å². The van der Waals surface area contributed by atoms with Crippen molar-refractivity contribution in [2.45, 2.75) is 25.3 Å². The summed E-state index contributed by atoms with van der Waals surface area (Å²) >= 11 is 0. The predicted octanol–water partition coefficient (Wildman–Crippen LogP) is 4.91. The summed E-state index contributed by atoms with van der Waals surface area (Å²) in [6.07, 6.45) is 1.13. The molecule has 1 N–H and O–H groups in total. The molecule has 3 heteroatoms. The Morgan fingerprint density at radius 2 is 1.21 bits per heavy atom. The molecule has 0 fully saturated rings. The highest BCUT2D eigenvalue weighted by molar-refractivity contribution is 5.69. The van der Waals surface area contributed by atoms with Gasteiger partial charge in [-0.15, -0.1) is 0 Å². The van der Waals surface area contributed by atoms with Crippen LogP contribution in [0, 0.1) is 0 Å². The lowest BCUT2D eigenvalue weighted by atomic mass is 9.77. The zero-order valence-corrected chi connectivity index (χ0v) is 16.3. The monoisotopic (exact) mass is 373 g/mol. The second kappa shape index (κ2) is 9.86. The first-order chi connectivity index (χ1) is 13.8. The molecule has 0 unspecified atom stereocenters. The second-order valence-corrected chi connectivity index (χ2v) is 6.68. The Kier molecular flexibility index (Phi) is 6.99. The Labute approximate surface area is 167 Å². The van der Waals surface area contributed by atoms with Crippen LogP contribution >= 0.6 is 0 Å². The van der Waals surface area contributed by atoms with Gasteiger partial charge in [-0.05, 0) is 36.6 Å². The maximum atomic E-state index is 11.7. The third kappa shape index (κ3) is 4.49. The summed E-state index contributed by atoms with van der Waals surface area (Å²) < 4.78 is 5.06. The number of rotatable bonds is 9. The zero-order valence-electron chi connectivity index (χ0n) is 16.3. The lowest BCUT2D eigenvalue weighted by molar-refractivity contribution is -0.143. The highest BCUT2D eigenvalue weighted by atomic mass is 16.5. The van der Waals surface area contributed by atoms with Crippen LogP contribution in [0.25, 0.3) is 0 Å². The van der Waals surface area contributed by atoms with E-state index in [1.165, 1.54) is 16.7 Å². The fraction of sp³-hybridized carbons (Fsp3) is 0.240. The molecule has 0 saturated carbocycles. The van der Waals surface area contributed by atoms with Crippen LogP contribution < -0.4 is 5.32 Å². The van der Waals surface area contributed by atoms with Gasteiger partial charge >= 0.3 is 5.97 Å². The summed E-state index contributed by atoms with van der Waals surface area (Å²) in [6, 6.07) is 31.4. The average Bonchev–Trinajstić information content (AvgIpc) is 2.76. The van der Waals surface area contributed by atoms with Gasteiger partial charge in [0.05, 0.1) is 12.1 Å². The van der Waals surface area contributed by atoms with E-state index < -0.39 is 5.54 Å². The van der Waals surface area contributed by atoms with E-state index in [4.69, 9.17) is 4.74 Å². The Balaban J connectivity index is 1.98. The fourth-order valence-electron chi connectivity index (χ4n) is 3.61. The quantitative estimate of drug-likeness (QED) is 0.329. The standard InChI is InChI=1S/C25H27NO2/c1-2-28-24(27)19-12-20-26-25(21-13-6-3-7-14-21,22-15-8-4-9-16-22)23-17-10-5-11-18-23/h3-11,13-18,26H,2,12,19-20H2,1H3. The van der Waals surface area contributed by atoms with Gasteiger partial charge in [-0.3, -0.25) is 10.1 Å². The van der Waals surface area contributed by atoms with Crippen LogP contribution in [0.15, 0.2) is 91.0 Å². The molecule has 3 aromatic rings. The third-order valence-corrected chi connectivity index (χ3v) is 4.87. The van der Waals surface area contributed by atoms with E-state index in [1.807, 2.05) is 25.1 Å². The third-order valence-electron chi connectivity index (χ3n) is 4.87. The minimum Gasteiger partial charge on any atom is -0.466 e. The molecule has 3 rings (SSSR count). The van der Waals surface area contributed by atoms with E-state index in [2.05, 4.69) is 78.1 Å². The highest BCUT2D eigenvalue weighted by Crippen LogP contribution is 2.36. The van der Waals surface area contributed by atoms with Gasteiger partial charge in [0, 0.05) is 6.42 Å². The van der Waals surface area contributed by atoms with Crippen molar-refractivity contribution in [1.29, 1.82) is 0 Å². The van der Waals surface area contributed by atoms with Gasteiger partial charge in [-0.1, -0.05) is 91.0 Å². The van der Waals surface area contributed by atoms with Crippen molar-refractivity contribution in [3.8, 4) is 0 Å². The Bertz CT molecular complexity index is 751. The van der Waals surface area contributed by atoms with Crippen molar-refractivity contribution in [3.05, 3.63) is 108 Å². The Morgan fingerprint density at radius 3 is 1.61 bits per heavy atom. The molecule has 144 valence electrons.